The second-order valence-electron chi connectivity index (χ2n) is 5.42. The van der Waals surface area contributed by atoms with Crippen molar-refractivity contribution in [3.63, 3.8) is 0 Å². The van der Waals surface area contributed by atoms with Crippen LogP contribution in [0.4, 0.5) is 0 Å². The zero-order valence-corrected chi connectivity index (χ0v) is 11.0. The van der Waals surface area contributed by atoms with E-state index in [0.717, 1.165) is 18.1 Å². The second kappa shape index (κ2) is 5.36. The molecule has 1 aromatic heterocycles. The minimum absolute atomic E-state index is 0.175. The van der Waals surface area contributed by atoms with Gasteiger partial charge >= 0.3 is 5.97 Å². The lowest BCUT2D eigenvalue weighted by atomic mass is 9.89. The number of rotatable bonds is 6. The summed E-state index contributed by atoms with van der Waals surface area (Å²) < 4.78 is 5.49. The van der Waals surface area contributed by atoms with Gasteiger partial charge in [0.25, 0.3) is 0 Å². The Bertz CT molecular complexity index is 382. The van der Waals surface area contributed by atoms with Gasteiger partial charge in [-0.05, 0) is 31.5 Å². The van der Waals surface area contributed by atoms with Gasteiger partial charge < -0.3 is 9.52 Å². The smallest absolute Gasteiger partial charge is 0.303 e. The van der Waals surface area contributed by atoms with Crippen molar-refractivity contribution in [1.82, 2.24) is 4.90 Å². The van der Waals surface area contributed by atoms with E-state index in [1.54, 1.807) is 0 Å². The summed E-state index contributed by atoms with van der Waals surface area (Å²) in [6, 6.07) is 3.89. The van der Waals surface area contributed by atoms with E-state index in [2.05, 4.69) is 4.90 Å². The third kappa shape index (κ3) is 5.04. The number of nitrogens with zero attached hydrogens (tertiary/aromatic N) is 1. The van der Waals surface area contributed by atoms with E-state index in [1.807, 2.05) is 40.0 Å². The van der Waals surface area contributed by atoms with Gasteiger partial charge in [0.1, 0.15) is 11.5 Å². The van der Waals surface area contributed by atoms with E-state index >= 15 is 0 Å². The SMILES string of the molecule is Cc1ccc(CN(C)CC(C)(C)CC(=O)O)o1. The number of hydrogen-bond donors (Lipinski definition) is 1. The highest BCUT2D eigenvalue weighted by molar-refractivity contribution is 5.67. The Labute approximate surface area is 102 Å². The van der Waals surface area contributed by atoms with Gasteiger partial charge in [0.15, 0.2) is 0 Å². The van der Waals surface area contributed by atoms with Gasteiger partial charge in [0.2, 0.25) is 0 Å². The molecule has 0 bridgehead atoms. The van der Waals surface area contributed by atoms with Gasteiger partial charge in [0, 0.05) is 6.54 Å². The van der Waals surface area contributed by atoms with E-state index in [1.165, 1.54) is 0 Å². The Balaban J connectivity index is 2.48. The van der Waals surface area contributed by atoms with E-state index in [-0.39, 0.29) is 11.8 Å². The van der Waals surface area contributed by atoms with E-state index < -0.39 is 5.97 Å². The molecule has 0 aliphatic carbocycles. The summed E-state index contributed by atoms with van der Waals surface area (Å²) in [6.45, 7) is 7.27. The molecule has 4 nitrogen and oxygen atoms in total. The van der Waals surface area contributed by atoms with Crippen molar-refractivity contribution >= 4 is 5.97 Å². The fourth-order valence-electron chi connectivity index (χ4n) is 2.09. The number of carboxylic acid groups (broad SMARTS) is 1. The van der Waals surface area contributed by atoms with E-state index in [9.17, 15) is 4.79 Å². The molecule has 0 fully saturated rings. The summed E-state index contributed by atoms with van der Waals surface area (Å²) in [6.07, 6.45) is 0.175. The highest BCUT2D eigenvalue weighted by Gasteiger charge is 2.23. The van der Waals surface area contributed by atoms with Crippen LogP contribution in [0.5, 0.6) is 0 Å². The predicted octanol–water partition coefficient (Wildman–Crippen LogP) is 2.52. The van der Waals surface area contributed by atoms with Crippen LogP contribution < -0.4 is 0 Å². The van der Waals surface area contributed by atoms with Gasteiger partial charge in [-0.25, -0.2) is 0 Å². The van der Waals surface area contributed by atoms with Crippen molar-refractivity contribution in [1.29, 1.82) is 0 Å². The van der Waals surface area contributed by atoms with Crippen molar-refractivity contribution in [3.8, 4) is 0 Å². The van der Waals surface area contributed by atoms with Gasteiger partial charge in [-0.1, -0.05) is 13.8 Å². The molecule has 17 heavy (non-hydrogen) atoms. The maximum Gasteiger partial charge on any atom is 0.303 e. The molecule has 1 aromatic rings. The lowest BCUT2D eigenvalue weighted by Gasteiger charge is -2.28. The van der Waals surface area contributed by atoms with Gasteiger partial charge in [0.05, 0.1) is 13.0 Å². The summed E-state index contributed by atoms with van der Waals surface area (Å²) >= 11 is 0. The summed E-state index contributed by atoms with van der Waals surface area (Å²) in [7, 11) is 1.97. The molecule has 0 aromatic carbocycles. The largest absolute Gasteiger partial charge is 0.481 e. The molecular formula is C13H21NO3. The van der Waals surface area contributed by atoms with Crippen LogP contribution in [0.15, 0.2) is 16.5 Å². The molecule has 1 N–H and O–H groups in total. The maximum absolute atomic E-state index is 10.7. The molecule has 96 valence electrons. The average Bonchev–Trinajstić information content (AvgIpc) is 2.46. The van der Waals surface area contributed by atoms with Crippen LogP contribution in [0.25, 0.3) is 0 Å². The molecule has 0 atom stereocenters. The summed E-state index contributed by atoms with van der Waals surface area (Å²) in [4.78, 5) is 12.8. The number of furan rings is 1. The van der Waals surface area contributed by atoms with Gasteiger partial charge in [-0.2, -0.15) is 0 Å². The molecule has 0 spiro atoms. The van der Waals surface area contributed by atoms with Crippen LogP contribution in [0.2, 0.25) is 0 Å². The average molecular weight is 239 g/mol. The van der Waals surface area contributed by atoms with Crippen molar-refractivity contribution in [3.05, 3.63) is 23.7 Å². The van der Waals surface area contributed by atoms with Crippen LogP contribution in [0.1, 0.15) is 31.8 Å². The van der Waals surface area contributed by atoms with Crippen LogP contribution in [0.3, 0.4) is 0 Å². The maximum atomic E-state index is 10.7. The Morgan fingerprint density at radius 2 is 2.12 bits per heavy atom. The highest BCUT2D eigenvalue weighted by atomic mass is 16.4. The van der Waals surface area contributed by atoms with Gasteiger partial charge in [-0.3, -0.25) is 9.69 Å². The Morgan fingerprint density at radius 1 is 1.47 bits per heavy atom. The first kappa shape index (κ1) is 13.8. The van der Waals surface area contributed by atoms with Crippen LogP contribution in [-0.4, -0.2) is 29.6 Å². The van der Waals surface area contributed by atoms with Crippen molar-refractivity contribution in [2.75, 3.05) is 13.6 Å². The highest BCUT2D eigenvalue weighted by Crippen LogP contribution is 2.22. The monoisotopic (exact) mass is 239 g/mol. The molecule has 0 aliphatic rings. The van der Waals surface area contributed by atoms with Crippen LogP contribution >= 0.6 is 0 Å². The first-order valence-corrected chi connectivity index (χ1v) is 5.74. The zero-order chi connectivity index (χ0) is 13.1. The molecule has 0 saturated heterocycles. The fourth-order valence-corrected chi connectivity index (χ4v) is 2.09. The number of aliphatic carboxylic acids is 1. The normalized spacial score (nSPS) is 12.1. The summed E-state index contributed by atoms with van der Waals surface area (Å²) in [5.74, 6) is 1.06. The molecule has 0 saturated carbocycles. The minimum atomic E-state index is -0.753. The molecule has 1 heterocycles. The molecule has 0 aliphatic heterocycles. The standard InChI is InChI=1S/C13H21NO3/c1-10-5-6-11(17-10)8-14(4)9-13(2,3)7-12(15)16/h5-6H,7-9H2,1-4H3,(H,15,16). The van der Waals surface area contributed by atoms with Crippen molar-refractivity contribution in [2.24, 2.45) is 5.41 Å². The van der Waals surface area contributed by atoms with E-state index in [4.69, 9.17) is 9.52 Å². The zero-order valence-electron chi connectivity index (χ0n) is 11.0. The topological polar surface area (TPSA) is 53.7 Å². The number of hydrogen-bond acceptors (Lipinski definition) is 3. The minimum Gasteiger partial charge on any atom is -0.481 e. The number of carboxylic acids is 1. The Kier molecular flexibility index (Phi) is 4.34. The fraction of sp³-hybridized carbons (Fsp3) is 0.615. The molecule has 0 radical (unpaired) electrons. The van der Waals surface area contributed by atoms with E-state index in [0.29, 0.717) is 6.54 Å². The molecule has 0 unspecified atom stereocenters. The third-order valence-corrected chi connectivity index (χ3v) is 2.55. The van der Waals surface area contributed by atoms with Crippen LogP contribution in [0, 0.1) is 12.3 Å². The third-order valence-electron chi connectivity index (χ3n) is 2.55. The first-order chi connectivity index (χ1) is 7.78. The number of aryl methyl sites for hydroxylation is 1. The first-order valence-electron chi connectivity index (χ1n) is 5.74. The summed E-state index contributed by atoms with van der Waals surface area (Å²) in [5.41, 5.74) is -0.234. The molecule has 0 amide bonds. The van der Waals surface area contributed by atoms with Gasteiger partial charge in [-0.15, -0.1) is 0 Å². The van der Waals surface area contributed by atoms with Crippen molar-refractivity contribution < 1.29 is 14.3 Å². The Hall–Kier alpha value is -1.29. The van der Waals surface area contributed by atoms with Crippen molar-refractivity contribution in [2.45, 2.75) is 33.7 Å². The molecular weight excluding hydrogens is 218 g/mol. The quantitative estimate of drug-likeness (QED) is 0.828. The summed E-state index contributed by atoms with van der Waals surface area (Å²) in [5, 5.41) is 8.82. The molecule has 4 heteroatoms. The number of carbonyl (C=O) groups is 1. The lowest BCUT2D eigenvalue weighted by molar-refractivity contribution is -0.139. The Morgan fingerprint density at radius 3 is 2.59 bits per heavy atom. The molecule has 1 rings (SSSR count). The predicted molar refractivity (Wildman–Crippen MR) is 65.8 cm³/mol. The van der Waals surface area contributed by atoms with Crippen LogP contribution in [-0.2, 0) is 11.3 Å². The second-order valence-corrected chi connectivity index (χ2v) is 5.42. The lowest BCUT2D eigenvalue weighted by Crippen LogP contribution is -2.32.